The minimum atomic E-state index is -0.650. The summed E-state index contributed by atoms with van der Waals surface area (Å²) in [4.78, 5) is 12.4. The molecule has 1 aromatic heterocycles. The van der Waals surface area contributed by atoms with Gasteiger partial charge in [-0.3, -0.25) is 0 Å². The Kier molecular flexibility index (Phi) is 4.59. The first-order valence-corrected chi connectivity index (χ1v) is 8.08. The van der Waals surface area contributed by atoms with Gasteiger partial charge in [0.25, 0.3) is 0 Å². The van der Waals surface area contributed by atoms with Crippen LogP contribution in [0, 0.1) is 11.6 Å². The van der Waals surface area contributed by atoms with E-state index in [-0.39, 0.29) is 16.9 Å². The second-order valence-electron chi connectivity index (χ2n) is 6.91. The van der Waals surface area contributed by atoms with Gasteiger partial charge in [-0.2, -0.15) is 5.10 Å². The van der Waals surface area contributed by atoms with Crippen LogP contribution >= 0.6 is 0 Å². The number of ether oxygens (including phenoxy) is 1. The molecule has 0 fully saturated rings. The Morgan fingerprint density at radius 3 is 2.31 bits per heavy atom. The number of benzene rings is 2. The second-order valence-corrected chi connectivity index (χ2v) is 6.91. The SMILES string of the molecule is CC(C)(C)c1cc(OC(=O)c2ccc(F)cc2)n(-c2cccc(F)c2)n1. The molecule has 0 saturated heterocycles. The van der Waals surface area contributed by atoms with E-state index in [1.807, 2.05) is 20.8 Å². The Morgan fingerprint density at radius 2 is 1.69 bits per heavy atom. The van der Waals surface area contributed by atoms with Crippen molar-refractivity contribution < 1.29 is 18.3 Å². The van der Waals surface area contributed by atoms with Crippen molar-refractivity contribution in [3.8, 4) is 11.6 Å². The third-order valence-electron chi connectivity index (χ3n) is 3.78. The molecule has 0 spiro atoms. The molecule has 0 unspecified atom stereocenters. The van der Waals surface area contributed by atoms with Crippen molar-refractivity contribution in [3.63, 3.8) is 0 Å². The highest BCUT2D eigenvalue weighted by atomic mass is 19.1. The van der Waals surface area contributed by atoms with E-state index in [4.69, 9.17) is 4.74 Å². The van der Waals surface area contributed by atoms with E-state index in [1.54, 1.807) is 18.2 Å². The number of hydrogen-bond acceptors (Lipinski definition) is 3. The Hall–Kier alpha value is -3.02. The highest BCUT2D eigenvalue weighted by molar-refractivity contribution is 5.90. The molecule has 0 saturated carbocycles. The number of carbonyl (C=O) groups is 1. The number of hydrogen-bond donors (Lipinski definition) is 0. The normalized spacial score (nSPS) is 11.4. The molecule has 0 aliphatic heterocycles. The summed E-state index contributed by atoms with van der Waals surface area (Å²) < 4.78 is 33.5. The summed E-state index contributed by atoms with van der Waals surface area (Å²) in [6.45, 7) is 5.91. The van der Waals surface area contributed by atoms with Crippen molar-refractivity contribution in [3.05, 3.63) is 77.5 Å². The molecule has 0 bridgehead atoms. The van der Waals surface area contributed by atoms with Gasteiger partial charge >= 0.3 is 5.97 Å². The molecule has 0 radical (unpaired) electrons. The summed E-state index contributed by atoms with van der Waals surface area (Å²) in [5.74, 6) is -1.36. The molecule has 0 atom stereocenters. The largest absolute Gasteiger partial charge is 0.404 e. The first-order valence-electron chi connectivity index (χ1n) is 8.08. The van der Waals surface area contributed by atoms with Crippen molar-refractivity contribution in [1.29, 1.82) is 0 Å². The van der Waals surface area contributed by atoms with Crippen LogP contribution in [-0.4, -0.2) is 15.7 Å². The number of rotatable bonds is 3. The van der Waals surface area contributed by atoms with E-state index in [9.17, 15) is 13.6 Å². The third-order valence-corrected chi connectivity index (χ3v) is 3.78. The van der Waals surface area contributed by atoms with Crippen molar-refractivity contribution in [2.75, 3.05) is 0 Å². The molecular formula is C20H18F2N2O2. The van der Waals surface area contributed by atoms with Crippen molar-refractivity contribution >= 4 is 5.97 Å². The maximum absolute atomic E-state index is 13.6. The molecule has 1 heterocycles. The third kappa shape index (κ3) is 3.79. The van der Waals surface area contributed by atoms with E-state index < -0.39 is 17.6 Å². The fraction of sp³-hybridized carbons (Fsp3) is 0.200. The zero-order valence-electron chi connectivity index (χ0n) is 14.7. The van der Waals surface area contributed by atoms with Gasteiger partial charge in [0, 0.05) is 11.5 Å². The molecule has 0 aliphatic rings. The zero-order chi connectivity index (χ0) is 18.9. The predicted octanol–water partition coefficient (Wildman–Crippen LogP) is 4.67. The molecule has 4 nitrogen and oxygen atoms in total. The van der Waals surface area contributed by atoms with Crippen LogP contribution in [0.3, 0.4) is 0 Å². The summed E-state index contributed by atoms with van der Waals surface area (Å²) in [5.41, 5.74) is 1.03. The fourth-order valence-electron chi connectivity index (χ4n) is 2.34. The van der Waals surface area contributed by atoms with E-state index in [2.05, 4.69) is 5.10 Å². The number of nitrogens with zero attached hydrogens (tertiary/aromatic N) is 2. The summed E-state index contributed by atoms with van der Waals surface area (Å²) in [6.07, 6.45) is 0. The van der Waals surface area contributed by atoms with Gasteiger partial charge in [-0.1, -0.05) is 26.8 Å². The van der Waals surface area contributed by atoms with Crippen LogP contribution in [0.2, 0.25) is 0 Å². The Morgan fingerprint density at radius 1 is 1.00 bits per heavy atom. The lowest BCUT2D eigenvalue weighted by Crippen LogP contribution is -2.13. The zero-order valence-corrected chi connectivity index (χ0v) is 14.7. The lowest BCUT2D eigenvalue weighted by atomic mass is 9.93. The minimum absolute atomic E-state index is 0.162. The summed E-state index contributed by atoms with van der Waals surface area (Å²) in [5, 5.41) is 4.47. The van der Waals surface area contributed by atoms with Crippen LogP contribution in [0.5, 0.6) is 5.88 Å². The quantitative estimate of drug-likeness (QED) is 0.641. The minimum Gasteiger partial charge on any atom is -0.404 e. The summed E-state index contributed by atoms with van der Waals surface area (Å²) in [7, 11) is 0. The van der Waals surface area contributed by atoms with Gasteiger partial charge in [0.05, 0.1) is 16.9 Å². The molecule has 3 rings (SSSR count). The van der Waals surface area contributed by atoms with Gasteiger partial charge in [0.2, 0.25) is 5.88 Å². The van der Waals surface area contributed by atoms with Crippen LogP contribution < -0.4 is 4.74 Å². The first kappa shape index (κ1) is 17.8. The fourth-order valence-corrected chi connectivity index (χ4v) is 2.34. The smallest absolute Gasteiger partial charge is 0.344 e. The molecule has 134 valence electrons. The van der Waals surface area contributed by atoms with E-state index in [0.717, 1.165) is 0 Å². The first-order chi connectivity index (χ1) is 12.2. The van der Waals surface area contributed by atoms with Crippen LogP contribution in [0.15, 0.2) is 54.6 Å². The van der Waals surface area contributed by atoms with Gasteiger partial charge in [-0.15, -0.1) is 0 Å². The second kappa shape index (κ2) is 6.71. The van der Waals surface area contributed by atoms with E-state index in [0.29, 0.717) is 11.4 Å². The Balaban J connectivity index is 2.00. The molecule has 0 aliphatic carbocycles. The van der Waals surface area contributed by atoms with Gasteiger partial charge in [0.1, 0.15) is 11.6 Å². The monoisotopic (exact) mass is 356 g/mol. The Labute approximate surface area is 150 Å². The Bertz CT molecular complexity index is 941. The number of aromatic nitrogens is 2. The number of halogens is 2. The molecule has 6 heteroatoms. The molecule has 0 N–H and O–H groups in total. The van der Waals surface area contributed by atoms with Crippen molar-refractivity contribution in [2.45, 2.75) is 26.2 Å². The standard InChI is InChI=1S/C20H18F2N2O2/c1-20(2,3)17-12-18(24(23-17)16-6-4-5-15(22)11-16)26-19(25)13-7-9-14(21)10-8-13/h4-12H,1-3H3. The van der Waals surface area contributed by atoms with Crippen LogP contribution in [-0.2, 0) is 5.41 Å². The average molecular weight is 356 g/mol. The average Bonchev–Trinajstić information content (AvgIpc) is 2.99. The number of carbonyl (C=O) groups excluding carboxylic acids is 1. The lowest BCUT2D eigenvalue weighted by molar-refractivity contribution is 0.0723. The maximum atomic E-state index is 13.6. The van der Waals surface area contributed by atoms with Crippen LogP contribution in [0.4, 0.5) is 8.78 Å². The van der Waals surface area contributed by atoms with E-state index >= 15 is 0 Å². The predicted molar refractivity (Wildman–Crippen MR) is 93.6 cm³/mol. The van der Waals surface area contributed by atoms with Crippen LogP contribution in [0.25, 0.3) is 5.69 Å². The van der Waals surface area contributed by atoms with Gasteiger partial charge < -0.3 is 4.74 Å². The van der Waals surface area contributed by atoms with Crippen molar-refractivity contribution in [2.24, 2.45) is 0 Å². The topological polar surface area (TPSA) is 44.1 Å². The number of esters is 1. The van der Waals surface area contributed by atoms with E-state index in [1.165, 1.54) is 41.1 Å². The van der Waals surface area contributed by atoms with Gasteiger partial charge in [-0.05, 0) is 42.5 Å². The summed E-state index contributed by atoms with van der Waals surface area (Å²) in [6, 6.07) is 12.5. The van der Waals surface area contributed by atoms with Gasteiger partial charge in [0.15, 0.2) is 0 Å². The highest BCUT2D eigenvalue weighted by Gasteiger charge is 2.23. The molecular weight excluding hydrogens is 338 g/mol. The molecule has 3 aromatic rings. The van der Waals surface area contributed by atoms with Crippen LogP contribution in [0.1, 0.15) is 36.8 Å². The maximum Gasteiger partial charge on any atom is 0.344 e. The molecule has 2 aromatic carbocycles. The highest BCUT2D eigenvalue weighted by Crippen LogP contribution is 2.28. The molecule has 26 heavy (non-hydrogen) atoms. The summed E-state index contributed by atoms with van der Waals surface area (Å²) >= 11 is 0. The van der Waals surface area contributed by atoms with Crippen molar-refractivity contribution in [1.82, 2.24) is 9.78 Å². The lowest BCUT2D eigenvalue weighted by Gasteiger charge is -2.13. The molecule has 0 amide bonds. The van der Waals surface area contributed by atoms with Gasteiger partial charge in [-0.25, -0.2) is 18.3 Å².